The minimum atomic E-state index is 0.159. The van der Waals surface area contributed by atoms with Crippen molar-refractivity contribution in [1.29, 1.82) is 0 Å². The number of thiocarbonyl (C=S) groups is 1. The van der Waals surface area contributed by atoms with Gasteiger partial charge in [-0.15, -0.1) is 11.8 Å². The van der Waals surface area contributed by atoms with E-state index in [0.29, 0.717) is 15.5 Å². The standard InChI is InChI=1S/C11H19ClIN3S2/c1-5-9(15-11(17)16-13)10(18-7(2)3)6-14-8(4)12/h6-7,9H,5H2,1-4H3,(H2,15,16,17)/b10-6-,14-8?. The zero-order chi connectivity index (χ0) is 14.1. The van der Waals surface area contributed by atoms with Crippen LogP contribution in [0.1, 0.15) is 34.1 Å². The van der Waals surface area contributed by atoms with Crippen LogP contribution in [0.2, 0.25) is 0 Å². The molecule has 0 spiro atoms. The number of nitrogens with zero attached hydrogens (tertiary/aromatic N) is 1. The molecule has 0 bridgehead atoms. The molecular weight excluding hydrogens is 401 g/mol. The van der Waals surface area contributed by atoms with E-state index >= 15 is 0 Å². The fourth-order valence-corrected chi connectivity index (χ4v) is 2.58. The highest BCUT2D eigenvalue weighted by Gasteiger charge is 2.15. The third kappa shape index (κ3) is 8.55. The van der Waals surface area contributed by atoms with E-state index in [1.807, 2.05) is 29.1 Å². The zero-order valence-electron chi connectivity index (χ0n) is 11.0. The summed E-state index contributed by atoms with van der Waals surface area (Å²) in [6.45, 7) is 8.18. The Hall–Kier alpha value is 0.470. The highest BCUT2D eigenvalue weighted by atomic mass is 127. The summed E-state index contributed by atoms with van der Waals surface area (Å²) in [5.41, 5.74) is 0. The van der Waals surface area contributed by atoms with E-state index in [1.54, 1.807) is 18.7 Å². The van der Waals surface area contributed by atoms with Crippen LogP contribution in [0, 0.1) is 0 Å². The van der Waals surface area contributed by atoms with E-state index in [9.17, 15) is 0 Å². The molecular formula is C11H19ClIN3S2. The first-order valence-electron chi connectivity index (χ1n) is 5.64. The first-order chi connectivity index (χ1) is 8.40. The molecule has 1 unspecified atom stereocenters. The third-order valence-corrected chi connectivity index (χ3v) is 4.24. The number of hydrogen-bond acceptors (Lipinski definition) is 3. The van der Waals surface area contributed by atoms with E-state index < -0.39 is 0 Å². The second-order valence-corrected chi connectivity index (χ2v) is 7.00. The lowest BCUT2D eigenvalue weighted by atomic mass is 10.2. The van der Waals surface area contributed by atoms with Crippen LogP contribution in [0.3, 0.4) is 0 Å². The Balaban J connectivity index is 4.94. The van der Waals surface area contributed by atoms with Gasteiger partial charge in [0.25, 0.3) is 0 Å². The zero-order valence-corrected chi connectivity index (χ0v) is 15.5. The fraction of sp³-hybridized carbons (Fsp3) is 0.636. The normalized spacial score (nSPS) is 14.6. The van der Waals surface area contributed by atoms with E-state index in [-0.39, 0.29) is 6.04 Å². The lowest BCUT2D eigenvalue weighted by molar-refractivity contribution is 0.692. The van der Waals surface area contributed by atoms with Crippen molar-refractivity contribution in [3.05, 3.63) is 11.1 Å². The van der Waals surface area contributed by atoms with Gasteiger partial charge in [-0.1, -0.05) is 32.4 Å². The van der Waals surface area contributed by atoms with Crippen LogP contribution >= 0.6 is 58.4 Å². The molecule has 104 valence electrons. The summed E-state index contributed by atoms with van der Waals surface area (Å²) >= 11 is 14.7. The molecule has 0 saturated carbocycles. The molecule has 0 aromatic rings. The fourth-order valence-electron chi connectivity index (χ4n) is 1.19. The predicted octanol–water partition coefficient (Wildman–Crippen LogP) is 4.22. The first-order valence-corrected chi connectivity index (χ1v) is 8.38. The van der Waals surface area contributed by atoms with Crippen molar-refractivity contribution >= 4 is 68.7 Å². The molecule has 0 aliphatic rings. The highest BCUT2D eigenvalue weighted by Crippen LogP contribution is 2.26. The quantitative estimate of drug-likeness (QED) is 0.292. The summed E-state index contributed by atoms with van der Waals surface area (Å²) in [5.74, 6) is 0. The Kier molecular flexibility index (Phi) is 10.5. The Labute approximate surface area is 138 Å². The average Bonchev–Trinajstić information content (AvgIpc) is 2.30. The topological polar surface area (TPSA) is 36.4 Å². The second kappa shape index (κ2) is 10.3. The van der Waals surface area contributed by atoms with Gasteiger partial charge in [0, 0.05) is 16.4 Å². The SMILES string of the molecule is CCC(NC(=S)NI)/C(=C/N=C(C)Cl)SC(C)C. The Morgan fingerprint density at radius 2 is 2.17 bits per heavy atom. The number of rotatable bonds is 6. The van der Waals surface area contributed by atoms with Crippen molar-refractivity contribution in [2.24, 2.45) is 4.99 Å². The van der Waals surface area contributed by atoms with E-state index in [4.69, 9.17) is 23.8 Å². The minimum absolute atomic E-state index is 0.159. The molecule has 0 amide bonds. The Morgan fingerprint density at radius 3 is 2.56 bits per heavy atom. The van der Waals surface area contributed by atoms with Crippen LogP contribution in [0.4, 0.5) is 0 Å². The summed E-state index contributed by atoms with van der Waals surface area (Å²) in [5, 5.41) is 4.90. The Bertz CT molecular complexity index is 328. The number of thioether (sulfide) groups is 1. The number of aliphatic imine (C=N–C) groups is 1. The molecule has 0 fully saturated rings. The predicted molar refractivity (Wildman–Crippen MR) is 96.7 cm³/mol. The molecule has 0 radical (unpaired) electrons. The van der Waals surface area contributed by atoms with Crippen molar-refractivity contribution in [1.82, 2.24) is 8.85 Å². The number of nitrogens with one attached hydrogen (secondary N) is 2. The number of hydrogen-bond donors (Lipinski definition) is 2. The van der Waals surface area contributed by atoms with Crippen LogP contribution in [-0.2, 0) is 0 Å². The number of halogens is 2. The largest absolute Gasteiger partial charge is 0.355 e. The van der Waals surface area contributed by atoms with Crippen molar-refractivity contribution in [3.63, 3.8) is 0 Å². The lowest BCUT2D eigenvalue weighted by Crippen LogP contribution is -2.38. The van der Waals surface area contributed by atoms with Crippen molar-refractivity contribution in [2.45, 2.75) is 45.4 Å². The van der Waals surface area contributed by atoms with Gasteiger partial charge in [0.2, 0.25) is 0 Å². The van der Waals surface area contributed by atoms with Gasteiger partial charge in [0.15, 0.2) is 5.11 Å². The molecule has 0 heterocycles. The summed E-state index contributed by atoms with van der Waals surface area (Å²) in [7, 11) is 0. The van der Waals surface area contributed by atoms with Crippen LogP contribution in [-0.4, -0.2) is 21.6 Å². The molecule has 0 aromatic carbocycles. The van der Waals surface area contributed by atoms with Gasteiger partial charge in [0.05, 0.1) is 28.9 Å². The van der Waals surface area contributed by atoms with Gasteiger partial charge in [-0.2, -0.15) is 0 Å². The molecule has 0 aliphatic carbocycles. The molecule has 0 aromatic heterocycles. The maximum atomic E-state index is 5.78. The monoisotopic (exact) mass is 419 g/mol. The smallest absolute Gasteiger partial charge is 0.175 e. The van der Waals surface area contributed by atoms with Crippen LogP contribution < -0.4 is 8.85 Å². The highest BCUT2D eigenvalue weighted by molar-refractivity contribution is 14.1. The van der Waals surface area contributed by atoms with Crippen molar-refractivity contribution in [2.75, 3.05) is 0 Å². The summed E-state index contributed by atoms with van der Waals surface area (Å²) < 4.78 is 2.89. The van der Waals surface area contributed by atoms with Gasteiger partial charge in [-0.05, 0) is 25.6 Å². The van der Waals surface area contributed by atoms with E-state index in [1.165, 1.54) is 0 Å². The van der Waals surface area contributed by atoms with Crippen molar-refractivity contribution in [3.8, 4) is 0 Å². The summed E-state index contributed by atoms with van der Waals surface area (Å²) in [4.78, 5) is 5.31. The molecule has 3 nitrogen and oxygen atoms in total. The van der Waals surface area contributed by atoms with Crippen LogP contribution in [0.5, 0.6) is 0 Å². The van der Waals surface area contributed by atoms with Crippen LogP contribution in [0.15, 0.2) is 16.1 Å². The average molecular weight is 420 g/mol. The van der Waals surface area contributed by atoms with Crippen LogP contribution in [0.25, 0.3) is 0 Å². The maximum Gasteiger partial charge on any atom is 0.175 e. The van der Waals surface area contributed by atoms with Gasteiger partial charge in [-0.3, -0.25) is 0 Å². The van der Waals surface area contributed by atoms with Gasteiger partial charge >= 0.3 is 0 Å². The van der Waals surface area contributed by atoms with Gasteiger partial charge < -0.3 is 8.85 Å². The van der Waals surface area contributed by atoms with Crippen molar-refractivity contribution < 1.29 is 0 Å². The molecule has 1 atom stereocenters. The third-order valence-electron chi connectivity index (χ3n) is 1.88. The summed E-state index contributed by atoms with van der Waals surface area (Å²) in [6, 6.07) is 0.159. The Morgan fingerprint density at radius 1 is 1.56 bits per heavy atom. The lowest BCUT2D eigenvalue weighted by Gasteiger charge is -2.21. The minimum Gasteiger partial charge on any atom is -0.355 e. The van der Waals surface area contributed by atoms with E-state index in [0.717, 1.165) is 11.3 Å². The first kappa shape index (κ1) is 18.5. The molecule has 0 aliphatic heterocycles. The van der Waals surface area contributed by atoms with E-state index in [2.05, 4.69) is 34.6 Å². The second-order valence-electron chi connectivity index (χ2n) is 3.85. The van der Waals surface area contributed by atoms with Gasteiger partial charge in [-0.25, -0.2) is 4.99 Å². The molecule has 18 heavy (non-hydrogen) atoms. The molecule has 0 rings (SSSR count). The van der Waals surface area contributed by atoms with Gasteiger partial charge in [0.1, 0.15) is 5.17 Å². The molecule has 2 N–H and O–H groups in total. The maximum absolute atomic E-state index is 5.78. The molecule has 7 heteroatoms. The summed E-state index contributed by atoms with van der Waals surface area (Å²) in [6.07, 6.45) is 2.75. The molecule has 0 saturated heterocycles.